The average Bonchev–Trinajstić information content (AvgIpc) is 3.70. The van der Waals surface area contributed by atoms with Crippen LogP contribution in [-0.4, -0.2) is 67.4 Å². The Bertz CT molecular complexity index is 1690. The summed E-state index contributed by atoms with van der Waals surface area (Å²) >= 11 is 15.4. The summed E-state index contributed by atoms with van der Waals surface area (Å²) < 4.78 is 27.4. The maximum absolute atomic E-state index is 6.67. The van der Waals surface area contributed by atoms with Crippen LogP contribution in [0.1, 0.15) is 17.9 Å². The van der Waals surface area contributed by atoms with Gasteiger partial charge in [-0.05, 0) is 18.2 Å². The van der Waals surface area contributed by atoms with E-state index < -0.39 is 36.1 Å². The quantitative estimate of drug-likeness (QED) is 0.197. The number of thioether (sulfide) groups is 1. The van der Waals surface area contributed by atoms with Crippen LogP contribution in [0.15, 0.2) is 83.5 Å². The molecule has 2 saturated heterocycles. The van der Waals surface area contributed by atoms with Gasteiger partial charge in [0.1, 0.15) is 51.3 Å². The fraction of sp³-hybridized carbons (Fsp3) is 0.276. The van der Waals surface area contributed by atoms with Crippen molar-refractivity contribution in [3.8, 4) is 22.1 Å². The van der Waals surface area contributed by atoms with Crippen molar-refractivity contribution in [1.29, 1.82) is 0 Å². The van der Waals surface area contributed by atoms with Crippen molar-refractivity contribution in [2.24, 2.45) is 0 Å². The number of benzene rings is 1. The van der Waals surface area contributed by atoms with Crippen LogP contribution in [0.5, 0.6) is 0 Å². The van der Waals surface area contributed by atoms with Crippen LogP contribution >= 0.6 is 46.3 Å². The molecule has 2 aliphatic heterocycles. The van der Waals surface area contributed by atoms with Crippen molar-refractivity contribution in [3.05, 3.63) is 94.3 Å². The van der Waals surface area contributed by atoms with E-state index in [0.717, 1.165) is 16.2 Å². The molecule has 2 aliphatic rings. The molecular formula is C29H24Cl2N6O4S2. The zero-order valence-electron chi connectivity index (χ0n) is 22.6. The minimum Gasteiger partial charge on any atom is -0.375 e. The maximum atomic E-state index is 6.67. The monoisotopic (exact) mass is 654 g/mol. The highest BCUT2D eigenvalue weighted by Crippen LogP contribution is 2.46. The number of aromatic nitrogens is 6. The SMILES string of the molecule is COC1C(Sc2cc(Cl)cnc2-c2ccccn2)OC2COC(c3ccccc3)OC2C1n1cc(-c2nc(Cl)cs2)nn1. The zero-order chi connectivity index (χ0) is 29.3. The van der Waals surface area contributed by atoms with Crippen LogP contribution in [0, 0.1) is 0 Å². The Morgan fingerprint density at radius 2 is 1.91 bits per heavy atom. The molecule has 10 nitrogen and oxygen atoms in total. The highest BCUT2D eigenvalue weighted by atomic mass is 35.5. The molecule has 5 aromatic rings. The summed E-state index contributed by atoms with van der Waals surface area (Å²) in [5, 5.41) is 12.3. The third-order valence-electron chi connectivity index (χ3n) is 7.13. The number of rotatable bonds is 7. The topological polar surface area (TPSA) is 106 Å². The lowest BCUT2D eigenvalue weighted by atomic mass is 9.96. The number of ether oxygens (including phenoxy) is 4. The lowest BCUT2D eigenvalue weighted by Crippen LogP contribution is -2.59. The molecule has 14 heteroatoms. The van der Waals surface area contributed by atoms with Crippen LogP contribution in [-0.2, 0) is 18.9 Å². The average molecular weight is 656 g/mol. The standard InChI is InChI=1S/C29H24Cl2N6O4S2/c1-38-26-24(37-13-19(35-36-37)27-34-22(31)15-42-27)25-20(14-39-28(41-25)16-7-3-2-4-8-16)40-29(26)43-21-11-17(30)12-33-23(21)18-9-5-6-10-32-18/h2-13,15,20,24-26,28-29H,14H2,1H3. The minimum absolute atomic E-state index is 0.304. The van der Waals surface area contributed by atoms with Gasteiger partial charge < -0.3 is 18.9 Å². The van der Waals surface area contributed by atoms with Crippen molar-refractivity contribution in [3.63, 3.8) is 0 Å². The highest BCUT2D eigenvalue weighted by Gasteiger charge is 2.52. The van der Waals surface area contributed by atoms with Crippen LogP contribution in [0.25, 0.3) is 22.1 Å². The number of nitrogens with zero attached hydrogens (tertiary/aromatic N) is 6. The van der Waals surface area contributed by atoms with Gasteiger partial charge in [-0.25, -0.2) is 9.67 Å². The number of pyridine rings is 2. The van der Waals surface area contributed by atoms with Crippen LogP contribution in [0.3, 0.4) is 0 Å². The second-order valence-corrected chi connectivity index (χ2v) is 12.6. The van der Waals surface area contributed by atoms with Crippen molar-refractivity contribution < 1.29 is 18.9 Å². The first-order valence-electron chi connectivity index (χ1n) is 13.3. The Labute approximate surface area is 265 Å². The summed E-state index contributed by atoms with van der Waals surface area (Å²) in [6, 6.07) is 16.9. The molecule has 6 unspecified atom stereocenters. The van der Waals surface area contributed by atoms with Gasteiger partial charge in [0, 0.05) is 35.3 Å². The molecule has 7 rings (SSSR count). The third-order valence-corrected chi connectivity index (χ3v) is 9.71. The molecule has 0 bridgehead atoms. The van der Waals surface area contributed by atoms with Gasteiger partial charge in [-0.3, -0.25) is 9.97 Å². The van der Waals surface area contributed by atoms with Gasteiger partial charge in [0.25, 0.3) is 0 Å². The van der Waals surface area contributed by atoms with Crippen molar-refractivity contribution in [1.82, 2.24) is 29.9 Å². The van der Waals surface area contributed by atoms with Gasteiger partial charge in [-0.1, -0.05) is 76.6 Å². The van der Waals surface area contributed by atoms with Crippen LogP contribution < -0.4 is 0 Å². The molecular weight excluding hydrogens is 631 g/mol. The molecule has 220 valence electrons. The summed E-state index contributed by atoms with van der Waals surface area (Å²) in [5.41, 5.74) is 2.41. The Hall–Kier alpha value is -2.94. The van der Waals surface area contributed by atoms with E-state index in [1.807, 2.05) is 60.8 Å². The van der Waals surface area contributed by atoms with E-state index in [0.29, 0.717) is 33.2 Å². The molecule has 0 aliphatic carbocycles. The largest absolute Gasteiger partial charge is 0.375 e. The molecule has 0 saturated carbocycles. The fourth-order valence-corrected chi connectivity index (χ4v) is 7.65. The summed E-state index contributed by atoms with van der Waals surface area (Å²) in [4.78, 5) is 14.3. The number of fused-ring (bicyclic) bond motifs is 1. The second kappa shape index (κ2) is 12.6. The number of hydrogen-bond donors (Lipinski definition) is 0. The first kappa shape index (κ1) is 28.8. The van der Waals surface area contributed by atoms with Crippen LogP contribution in [0.4, 0.5) is 0 Å². The lowest BCUT2D eigenvalue weighted by molar-refractivity contribution is -0.308. The van der Waals surface area contributed by atoms with Crippen molar-refractivity contribution in [2.75, 3.05) is 13.7 Å². The normalized spacial score (nSPS) is 25.4. The number of halogens is 2. The fourth-order valence-electron chi connectivity index (χ4n) is 5.22. The van der Waals surface area contributed by atoms with Gasteiger partial charge in [-0.15, -0.1) is 16.4 Å². The highest BCUT2D eigenvalue weighted by molar-refractivity contribution is 8.00. The number of hydrogen-bond acceptors (Lipinski definition) is 11. The molecule has 1 aromatic carbocycles. The van der Waals surface area contributed by atoms with Crippen molar-refractivity contribution in [2.45, 2.75) is 41.0 Å². The van der Waals surface area contributed by atoms with E-state index in [9.17, 15) is 0 Å². The zero-order valence-corrected chi connectivity index (χ0v) is 25.7. The predicted octanol–water partition coefficient (Wildman–Crippen LogP) is 6.35. The van der Waals surface area contributed by atoms with E-state index >= 15 is 0 Å². The summed E-state index contributed by atoms with van der Waals surface area (Å²) in [5.74, 6) is 0. The Kier molecular flexibility index (Phi) is 8.43. The molecule has 0 radical (unpaired) electrons. The van der Waals surface area contributed by atoms with Crippen molar-refractivity contribution >= 4 is 46.3 Å². The lowest BCUT2D eigenvalue weighted by Gasteiger charge is -2.48. The first-order chi connectivity index (χ1) is 21.1. The third kappa shape index (κ3) is 5.94. The van der Waals surface area contributed by atoms with E-state index in [2.05, 4.69) is 25.3 Å². The molecule has 43 heavy (non-hydrogen) atoms. The second-order valence-electron chi connectivity index (χ2n) is 9.80. The van der Waals surface area contributed by atoms with E-state index in [1.54, 1.807) is 29.6 Å². The van der Waals surface area contributed by atoms with E-state index in [1.165, 1.54) is 23.1 Å². The number of methoxy groups -OCH3 is 1. The Morgan fingerprint density at radius 3 is 2.67 bits per heavy atom. The summed E-state index contributed by atoms with van der Waals surface area (Å²) in [6.45, 7) is 0.304. The molecule has 6 heterocycles. The van der Waals surface area contributed by atoms with Gasteiger partial charge in [-0.2, -0.15) is 0 Å². The van der Waals surface area contributed by atoms with Gasteiger partial charge >= 0.3 is 0 Å². The van der Waals surface area contributed by atoms with E-state index in [-0.39, 0.29) is 0 Å². The number of thiazole rings is 1. The van der Waals surface area contributed by atoms with E-state index in [4.69, 9.17) is 42.1 Å². The first-order valence-corrected chi connectivity index (χ1v) is 15.9. The minimum atomic E-state index is -0.580. The van der Waals surface area contributed by atoms with Crippen LogP contribution in [0.2, 0.25) is 10.2 Å². The molecule has 4 aromatic heterocycles. The molecule has 2 fully saturated rings. The molecule has 0 N–H and O–H groups in total. The van der Waals surface area contributed by atoms with Gasteiger partial charge in [0.05, 0.1) is 23.5 Å². The summed E-state index contributed by atoms with van der Waals surface area (Å²) in [7, 11) is 1.65. The molecule has 0 amide bonds. The maximum Gasteiger partial charge on any atom is 0.184 e. The molecule has 0 spiro atoms. The predicted molar refractivity (Wildman–Crippen MR) is 163 cm³/mol. The smallest absolute Gasteiger partial charge is 0.184 e. The Balaban J connectivity index is 1.26. The molecule has 6 atom stereocenters. The Morgan fingerprint density at radius 1 is 1.05 bits per heavy atom. The van der Waals surface area contributed by atoms with Gasteiger partial charge in [0.2, 0.25) is 0 Å². The van der Waals surface area contributed by atoms with Gasteiger partial charge in [0.15, 0.2) is 6.29 Å². The summed E-state index contributed by atoms with van der Waals surface area (Å²) in [6.07, 6.45) is 3.18.